The van der Waals surface area contributed by atoms with Gasteiger partial charge in [-0.15, -0.1) is 0 Å². The van der Waals surface area contributed by atoms with Crippen molar-refractivity contribution in [2.45, 2.75) is 32.6 Å². The maximum atomic E-state index is 13.5. The maximum absolute atomic E-state index is 13.5. The predicted molar refractivity (Wildman–Crippen MR) is 114 cm³/mol. The molecule has 7 heteroatoms. The minimum Gasteiger partial charge on any atom is -0.302 e. The number of aliphatic imine (C=N–C) groups is 1. The summed E-state index contributed by atoms with van der Waals surface area (Å²) in [4.78, 5) is 38.3. The lowest BCUT2D eigenvalue weighted by molar-refractivity contribution is -0.137. The molecule has 1 fully saturated rings. The first kappa shape index (κ1) is 18.4. The van der Waals surface area contributed by atoms with Crippen molar-refractivity contribution in [3.05, 3.63) is 77.6 Å². The number of hydrogen-bond donors (Lipinski definition) is 0. The quantitative estimate of drug-likeness (QED) is 0.792. The minimum absolute atomic E-state index is 0.215. The molecule has 3 aliphatic heterocycles. The van der Waals surface area contributed by atoms with Crippen LogP contribution in [-0.4, -0.2) is 51.9 Å². The van der Waals surface area contributed by atoms with Crippen molar-refractivity contribution in [1.29, 1.82) is 0 Å². The van der Waals surface area contributed by atoms with E-state index in [2.05, 4.69) is 4.90 Å². The Bertz CT molecular complexity index is 1080. The number of carbonyl (C=O) groups is 2. The number of benzene rings is 2. The lowest BCUT2D eigenvalue weighted by atomic mass is 10.1. The van der Waals surface area contributed by atoms with Crippen molar-refractivity contribution in [1.82, 2.24) is 14.7 Å². The monoisotopic (exact) mass is 401 g/mol. The molecule has 0 radical (unpaired) electrons. The van der Waals surface area contributed by atoms with Gasteiger partial charge in [0, 0.05) is 24.1 Å². The van der Waals surface area contributed by atoms with Gasteiger partial charge < -0.3 is 4.90 Å². The molecule has 0 aromatic heterocycles. The van der Waals surface area contributed by atoms with E-state index in [1.807, 2.05) is 79.4 Å². The van der Waals surface area contributed by atoms with E-state index in [1.54, 1.807) is 11.9 Å². The molecule has 30 heavy (non-hydrogen) atoms. The number of anilines is 1. The van der Waals surface area contributed by atoms with E-state index in [1.165, 1.54) is 4.90 Å². The van der Waals surface area contributed by atoms with Crippen LogP contribution >= 0.6 is 0 Å². The van der Waals surface area contributed by atoms with Gasteiger partial charge in [0.1, 0.15) is 0 Å². The number of fused-ring (bicyclic) bond motifs is 3. The Morgan fingerprint density at radius 3 is 2.20 bits per heavy atom. The van der Waals surface area contributed by atoms with E-state index < -0.39 is 12.2 Å². The molecule has 5 rings (SSSR count). The first-order valence-corrected chi connectivity index (χ1v) is 10.0. The van der Waals surface area contributed by atoms with Crippen molar-refractivity contribution in [3.63, 3.8) is 0 Å². The summed E-state index contributed by atoms with van der Waals surface area (Å²) in [6.45, 7) is 4.28. The van der Waals surface area contributed by atoms with Gasteiger partial charge in [0.15, 0.2) is 12.2 Å². The lowest BCUT2D eigenvalue weighted by Gasteiger charge is -2.40. The minimum atomic E-state index is -0.560. The van der Waals surface area contributed by atoms with Gasteiger partial charge in [0.2, 0.25) is 5.96 Å². The third-order valence-corrected chi connectivity index (χ3v) is 6.09. The van der Waals surface area contributed by atoms with Crippen LogP contribution in [0.5, 0.6) is 0 Å². The molecule has 7 nitrogen and oxygen atoms in total. The molecular formula is C23H23N5O2. The molecule has 0 saturated carbocycles. The average Bonchev–Trinajstić information content (AvgIpc) is 3.26. The van der Waals surface area contributed by atoms with E-state index in [0.29, 0.717) is 5.96 Å². The van der Waals surface area contributed by atoms with Crippen molar-refractivity contribution in [3.8, 4) is 0 Å². The van der Waals surface area contributed by atoms with Crippen LogP contribution in [0.2, 0.25) is 0 Å². The molecule has 0 aliphatic carbocycles. The molecule has 2 aromatic rings. The van der Waals surface area contributed by atoms with E-state index in [4.69, 9.17) is 4.99 Å². The number of allylic oxidation sites excluding steroid dienone is 2. The van der Waals surface area contributed by atoms with Crippen molar-refractivity contribution < 1.29 is 9.59 Å². The van der Waals surface area contributed by atoms with Crippen LogP contribution in [0.25, 0.3) is 0 Å². The Morgan fingerprint density at radius 1 is 0.900 bits per heavy atom. The molecule has 152 valence electrons. The smallest absolute Gasteiger partial charge is 0.302 e. The Morgan fingerprint density at radius 2 is 1.53 bits per heavy atom. The molecule has 3 aliphatic rings. The van der Waals surface area contributed by atoms with Gasteiger partial charge >= 0.3 is 6.03 Å². The summed E-state index contributed by atoms with van der Waals surface area (Å²) >= 11 is 0. The standard InChI is InChI=1S/C23H23N5O2/c1-15-16(2)28-19-20(24-22(28)27(15)18-12-8-5-9-13-18)25(3)23(30)26(21(19)29)14-17-10-6-4-7-11-17/h4-13,19-20H,14H2,1-3H3. The third kappa shape index (κ3) is 2.55. The van der Waals surface area contributed by atoms with E-state index in [-0.39, 0.29) is 18.5 Å². The molecule has 1 saturated heterocycles. The zero-order valence-electron chi connectivity index (χ0n) is 17.2. The molecule has 2 unspecified atom stereocenters. The highest BCUT2D eigenvalue weighted by atomic mass is 16.2. The summed E-state index contributed by atoms with van der Waals surface area (Å²) in [5.74, 6) is 0.480. The number of hydrogen-bond acceptors (Lipinski definition) is 5. The van der Waals surface area contributed by atoms with Crippen LogP contribution in [0.1, 0.15) is 19.4 Å². The zero-order chi connectivity index (χ0) is 21.0. The number of imide groups is 1. The normalized spacial score (nSPS) is 23.2. The Labute approximate surface area is 175 Å². The number of guanidine groups is 1. The summed E-state index contributed by atoms with van der Waals surface area (Å²) in [5, 5.41) is 0. The van der Waals surface area contributed by atoms with Crippen LogP contribution < -0.4 is 4.90 Å². The predicted octanol–water partition coefficient (Wildman–Crippen LogP) is 3.22. The number of likely N-dealkylation sites (N-methyl/N-ethyl adjacent to an activating group) is 1. The molecule has 3 heterocycles. The van der Waals surface area contributed by atoms with Crippen LogP contribution in [0.15, 0.2) is 77.1 Å². The number of rotatable bonds is 3. The second kappa shape index (κ2) is 6.73. The summed E-state index contributed by atoms with van der Waals surface area (Å²) in [6.07, 6.45) is -0.540. The Kier molecular flexibility index (Phi) is 4.13. The number of para-hydroxylation sites is 1. The van der Waals surface area contributed by atoms with Gasteiger partial charge in [0.05, 0.1) is 6.54 Å². The Balaban J connectivity index is 1.52. The second-order valence-corrected chi connectivity index (χ2v) is 7.80. The fourth-order valence-corrected chi connectivity index (χ4v) is 4.41. The SMILES string of the molecule is CC1=C(C)N2C(=NC3C2C(=O)N(Cc2ccccc2)C(=O)N3C)N1c1ccccc1. The Hall–Kier alpha value is -3.61. The van der Waals surface area contributed by atoms with Gasteiger partial charge in [-0.2, -0.15) is 0 Å². The molecule has 2 aromatic carbocycles. The number of carbonyl (C=O) groups excluding carboxylic acids is 2. The van der Waals surface area contributed by atoms with Crippen molar-refractivity contribution in [2.24, 2.45) is 4.99 Å². The van der Waals surface area contributed by atoms with E-state index in [0.717, 1.165) is 22.6 Å². The topological polar surface area (TPSA) is 59.5 Å². The van der Waals surface area contributed by atoms with Crippen LogP contribution in [0, 0.1) is 0 Å². The second-order valence-electron chi connectivity index (χ2n) is 7.80. The van der Waals surface area contributed by atoms with E-state index >= 15 is 0 Å². The summed E-state index contributed by atoms with van der Waals surface area (Å²) in [6, 6.07) is 18.7. The molecule has 2 atom stereocenters. The first-order chi connectivity index (χ1) is 14.5. The van der Waals surface area contributed by atoms with Crippen molar-refractivity contribution >= 4 is 23.6 Å². The molecular weight excluding hydrogens is 378 g/mol. The lowest BCUT2D eigenvalue weighted by Crippen LogP contribution is -2.64. The molecule has 0 spiro atoms. The molecule has 0 N–H and O–H groups in total. The van der Waals surface area contributed by atoms with Gasteiger partial charge in [-0.05, 0) is 31.5 Å². The van der Waals surface area contributed by atoms with Gasteiger partial charge in [0.25, 0.3) is 5.91 Å². The summed E-state index contributed by atoms with van der Waals surface area (Å²) < 4.78 is 0. The highest BCUT2D eigenvalue weighted by Crippen LogP contribution is 2.40. The number of amides is 3. The zero-order valence-corrected chi connectivity index (χ0v) is 17.2. The van der Waals surface area contributed by atoms with Crippen molar-refractivity contribution in [2.75, 3.05) is 11.9 Å². The fourth-order valence-electron chi connectivity index (χ4n) is 4.41. The highest BCUT2D eigenvalue weighted by molar-refractivity contribution is 6.10. The fraction of sp³-hybridized carbons (Fsp3) is 0.261. The van der Waals surface area contributed by atoms with Gasteiger partial charge in [-0.25, -0.2) is 9.79 Å². The number of urea groups is 1. The highest BCUT2D eigenvalue weighted by Gasteiger charge is 2.55. The summed E-state index contributed by atoms with van der Waals surface area (Å²) in [7, 11) is 1.72. The van der Waals surface area contributed by atoms with E-state index in [9.17, 15) is 9.59 Å². The maximum Gasteiger partial charge on any atom is 0.328 e. The first-order valence-electron chi connectivity index (χ1n) is 10.0. The molecule has 0 bridgehead atoms. The average molecular weight is 401 g/mol. The molecule has 3 amide bonds. The van der Waals surface area contributed by atoms with Crippen LogP contribution in [0.4, 0.5) is 10.5 Å². The number of nitrogens with zero attached hydrogens (tertiary/aromatic N) is 5. The summed E-state index contributed by atoms with van der Waals surface area (Å²) in [5.41, 5.74) is 3.90. The van der Waals surface area contributed by atoms with Crippen LogP contribution in [-0.2, 0) is 11.3 Å². The third-order valence-electron chi connectivity index (χ3n) is 6.09. The van der Waals surface area contributed by atoms with Gasteiger partial charge in [-0.1, -0.05) is 48.5 Å². The largest absolute Gasteiger partial charge is 0.328 e. The van der Waals surface area contributed by atoms with Crippen LogP contribution in [0.3, 0.4) is 0 Å². The van der Waals surface area contributed by atoms with Gasteiger partial charge in [-0.3, -0.25) is 19.5 Å².